The summed E-state index contributed by atoms with van der Waals surface area (Å²) in [4.78, 5) is 13.0. The molecule has 2 atom stereocenters. The molecule has 0 radical (unpaired) electrons. The normalized spacial score (nSPS) is 31.1. The number of nitrogens with zero attached hydrogens (tertiary/aromatic N) is 1. The van der Waals surface area contributed by atoms with Gasteiger partial charge in [-0.15, -0.1) is 0 Å². The SMILES string of the molecule is Cc1ccc(C23CC4CC(CC(NC(=O)N/N=C/c5ccc(OC6CCCCCCC6)cc5)(C4)C2)C3)cc1. The molecule has 5 fully saturated rings. The minimum absolute atomic E-state index is 0.120. The first-order chi connectivity index (χ1) is 18.5. The second-order valence-electron chi connectivity index (χ2n) is 12.9. The highest BCUT2D eigenvalue weighted by atomic mass is 16.5. The van der Waals surface area contributed by atoms with Gasteiger partial charge in [-0.2, -0.15) is 5.10 Å². The van der Waals surface area contributed by atoms with Gasteiger partial charge in [-0.25, -0.2) is 10.2 Å². The van der Waals surface area contributed by atoms with Crippen molar-refractivity contribution in [2.75, 3.05) is 0 Å². The lowest BCUT2D eigenvalue weighted by Gasteiger charge is -2.62. The van der Waals surface area contributed by atoms with E-state index >= 15 is 0 Å². The molecule has 5 aliphatic carbocycles. The van der Waals surface area contributed by atoms with Gasteiger partial charge in [-0.3, -0.25) is 0 Å². The van der Waals surface area contributed by atoms with Crippen molar-refractivity contribution in [1.29, 1.82) is 0 Å². The molecule has 2 aromatic carbocycles. The molecule has 0 heterocycles. The van der Waals surface area contributed by atoms with E-state index in [0.29, 0.717) is 17.9 Å². The highest BCUT2D eigenvalue weighted by Crippen LogP contribution is 2.62. The molecule has 7 rings (SSSR count). The maximum absolute atomic E-state index is 13.0. The minimum Gasteiger partial charge on any atom is -0.490 e. The second kappa shape index (κ2) is 10.7. The van der Waals surface area contributed by atoms with Crippen LogP contribution >= 0.6 is 0 Å². The van der Waals surface area contributed by atoms with Gasteiger partial charge in [0.1, 0.15) is 5.75 Å². The van der Waals surface area contributed by atoms with Crippen molar-refractivity contribution < 1.29 is 9.53 Å². The number of urea groups is 1. The monoisotopic (exact) mass is 513 g/mol. The summed E-state index contributed by atoms with van der Waals surface area (Å²) < 4.78 is 6.24. The van der Waals surface area contributed by atoms with Crippen LogP contribution in [0.15, 0.2) is 53.6 Å². The van der Waals surface area contributed by atoms with Crippen LogP contribution in [0.3, 0.4) is 0 Å². The van der Waals surface area contributed by atoms with E-state index in [2.05, 4.69) is 47.0 Å². The first-order valence-electron chi connectivity index (χ1n) is 14.9. The maximum Gasteiger partial charge on any atom is 0.335 e. The number of ether oxygens (including phenoxy) is 1. The number of nitrogens with one attached hydrogen (secondary N) is 2. The van der Waals surface area contributed by atoms with Crippen molar-refractivity contribution in [3.05, 3.63) is 65.2 Å². The van der Waals surface area contributed by atoms with Crippen LogP contribution in [-0.4, -0.2) is 23.9 Å². The van der Waals surface area contributed by atoms with Crippen molar-refractivity contribution in [3.63, 3.8) is 0 Å². The number of aryl methyl sites for hydroxylation is 1. The molecule has 5 heteroatoms. The van der Waals surface area contributed by atoms with Gasteiger partial charge in [0.25, 0.3) is 0 Å². The Kier molecular flexibility index (Phi) is 7.20. The first kappa shape index (κ1) is 25.5. The maximum atomic E-state index is 13.0. The number of amides is 2. The molecule has 2 amide bonds. The summed E-state index contributed by atoms with van der Waals surface area (Å²) >= 11 is 0. The Hall–Kier alpha value is -2.82. The molecule has 0 spiro atoms. The summed E-state index contributed by atoms with van der Waals surface area (Å²) in [6.07, 6.45) is 17.9. The van der Waals surface area contributed by atoms with Crippen LogP contribution < -0.4 is 15.5 Å². The highest BCUT2D eigenvalue weighted by molar-refractivity contribution is 5.82. The topological polar surface area (TPSA) is 62.7 Å². The molecule has 0 saturated heterocycles. The van der Waals surface area contributed by atoms with Gasteiger partial charge < -0.3 is 10.1 Å². The fourth-order valence-electron chi connectivity index (χ4n) is 8.45. The van der Waals surface area contributed by atoms with Crippen LogP contribution in [0, 0.1) is 18.8 Å². The predicted molar refractivity (Wildman–Crippen MR) is 153 cm³/mol. The molecule has 38 heavy (non-hydrogen) atoms. The average Bonchev–Trinajstić information content (AvgIpc) is 2.86. The van der Waals surface area contributed by atoms with Crippen LogP contribution in [0.4, 0.5) is 4.79 Å². The number of rotatable bonds is 6. The van der Waals surface area contributed by atoms with Crippen molar-refractivity contribution >= 4 is 12.2 Å². The lowest BCUT2D eigenvalue weighted by Crippen LogP contribution is -2.65. The van der Waals surface area contributed by atoms with Gasteiger partial charge in [-0.1, -0.05) is 49.1 Å². The van der Waals surface area contributed by atoms with Crippen LogP contribution in [0.25, 0.3) is 0 Å². The fraction of sp³-hybridized carbons (Fsp3) is 0.576. The second-order valence-corrected chi connectivity index (χ2v) is 12.9. The summed E-state index contributed by atoms with van der Waals surface area (Å²) in [6, 6.07) is 17.0. The molecule has 202 valence electrons. The van der Waals surface area contributed by atoms with Gasteiger partial charge >= 0.3 is 6.03 Å². The van der Waals surface area contributed by atoms with E-state index in [-0.39, 0.29) is 17.0 Å². The Morgan fingerprint density at radius 1 is 0.895 bits per heavy atom. The summed E-state index contributed by atoms with van der Waals surface area (Å²) in [7, 11) is 0. The lowest BCUT2D eigenvalue weighted by molar-refractivity contribution is -0.0349. The van der Waals surface area contributed by atoms with Gasteiger partial charge in [0, 0.05) is 5.54 Å². The van der Waals surface area contributed by atoms with Crippen LogP contribution in [0.5, 0.6) is 5.75 Å². The molecule has 5 aliphatic rings. The van der Waals surface area contributed by atoms with Crippen molar-refractivity contribution in [1.82, 2.24) is 10.7 Å². The smallest absolute Gasteiger partial charge is 0.335 e. The quantitative estimate of drug-likeness (QED) is 0.312. The van der Waals surface area contributed by atoms with Gasteiger partial charge in [0.05, 0.1) is 12.3 Å². The third-order valence-corrected chi connectivity index (χ3v) is 9.72. The predicted octanol–water partition coefficient (Wildman–Crippen LogP) is 7.41. The largest absolute Gasteiger partial charge is 0.490 e. The number of carbonyl (C=O) groups is 1. The molecular weight excluding hydrogens is 470 g/mol. The Morgan fingerprint density at radius 2 is 1.55 bits per heavy atom. The number of hydrogen-bond acceptors (Lipinski definition) is 3. The molecule has 4 bridgehead atoms. The van der Waals surface area contributed by atoms with Crippen molar-refractivity contribution in [2.45, 2.75) is 107 Å². The number of carbonyl (C=O) groups excluding carboxylic acids is 1. The fourth-order valence-corrected chi connectivity index (χ4v) is 8.45. The number of hydrogen-bond donors (Lipinski definition) is 2. The van der Waals surface area contributed by atoms with E-state index in [4.69, 9.17) is 4.74 Å². The zero-order chi connectivity index (χ0) is 26.0. The van der Waals surface area contributed by atoms with Crippen molar-refractivity contribution in [3.8, 4) is 5.75 Å². The third-order valence-electron chi connectivity index (χ3n) is 9.72. The van der Waals surface area contributed by atoms with E-state index in [0.717, 1.165) is 43.4 Å². The van der Waals surface area contributed by atoms with E-state index in [1.54, 1.807) is 6.21 Å². The molecule has 5 saturated carbocycles. The number of hydrazone groups is 1. The number of benzene rings is 2. The summed E-state index contributed by atoms with van der Waals surface area (Å²) in [6.45, 7) is 2.15. The zero-order valence-corrected chi connectivity index (χ0v) is 22.9. The Morgan fingerprint density at radius 3 is 2.24 bits per heavy atom. The van der Waals surface area contributed by atoms with E-state index in [9.17, 15) is 4.79 Å². The average molecular weight is 514 g/mol. The van der Waals surface area contributed by atoms with Crippen LogP contribution in [0.2, 0.25) is 0 Å². The standard InChI is InChI=1S/C33H43N3O2/c1-24-9-13-28(14-10-24)32-18-26-17-27(19-32)21-33(20-26,23-32)35-31(37)36-34-22-25-11-15-30(16-12-25)38-29-7-5-3-2-4-6-8-29/h9-16,22,26-27,29H,2-8,17-21,23H2,1H3,(H2,35,36,37)/b34-22+. The van der Waals surface area contributed by atoms with E-state index in [1.165, 1.54) is 62.5 Å². The van der Waals surface area contributed by atoms with Gasteiger partial charge in [-0.05, 0) is 124 Å². The molecule has 2 N–H and O–H groups in total. The lowest BCUT2D eigenvalue weighted by atomic mass is 9.45. The van der Waals surface area contributed by atoms with Crippen LogP contribution in [0.1, 0.15) is 100 Å². The third kappa shape index (κ3) is 5.62. The summed E-state index contributed by atoms with van der Waals surface area (Å²) in [5.74, 6) is 2.32. The zero-order valence-electron chi connectivity index (χ0n) is 22.9. The molecular formula is C33H43N3O2. The van der Waals surface area contributed by atoms with Crippen LogP contribution in [-0.2, 0) is 5.41 Å². The first-order valence-corrected chi connectivity index (χ1v) is 14.9. The molecule has 0 aliphatic heterocycles. The van der Waals surface area contributed by atoms with Crippen molar-refractivity contribution in [2.24, 2.45) is 16.9 Å². The summed E-state index contributed by atoms with van der Waals surface area (Å²) in [5.41, 5.74) is 6.54. The van der Waals surface area contributed by atoms with E-state index < -0.39 is 0 Å². The Bertz CT molecular complexity index is 1120. The molecule has 5 nitrogen and oxygen atoms in total. The summed E-state index contributed by atoms with van der Waals surface area (Å²) in [5, 5.41) is 7.66. The van der Waals surface area contributed by atoms with Gasteiger partial charge in [0.2, 0.25) is 0 Å². The molecule has 2 unspecified atom stereocenters. The van der Waals surface area contributed by atoms with E-state index in [1.807, 2.05) is 24.3 Å². The minimum atomic E-state index is -0.188. The highest BCUT2D eigenvalue weighted by Gasteiger charge is 2.58. The molecule has 0 aromatic heterocycles. The molecule has 2 aromatic rings. The van der Waals surface area contributed by atoms with Gasteiger partial charge in [0.15, 0.2) is 0 Å². The Balaban J connectivity index is 1.04. The Labute approximate surface area is 227 Å².